The van der Waals surface area contributed by atoms with E-state index in [9.17, 15) is 14.4 Å². The summed E-state index contributed by atoms with van der Waals surface area (Å²) in [6.45, 7) is 5.24. The zero-order valence-corrected chi connectivity index (χ0v) is 14.3. The molecule has 0 bridgehead atoms. The normalized spacial score (nSPS) is 9.52. The van der Waals surface area contributed by atoms with Crippen molar-refractivity contribution in [2.45, 2.75) is 20.8 Å². The smallest absolute Gasteiger partial charge is 0.349 e. The van der Waals surface area contributed by atoms with Crippen LogP contribution in [0, 0.1) is 11.3 Å². The van der Waals surface area contributed by atoms with Crippen molar-refractivity contribution in [2.24, 2.45) is 0 Å². The molecule has 0 amide bonds. The van der Waals surface area contributed by atoms with Crippen LogP contribution in [0.3, 0.4) is 0 Å². The second kappa shape index (κ2) is 9.88. The predicted molar refractivity (Wildman–Crippen MR) is 88.0 cm³/mol. The number of ether oxygens (including phenoxy) is 3. The maximum Gasteiger partial charge on any atom is 0.349 e. The summed E-state index contributed by atoms with van der Waals surface area (Å²) < 4.78 is 14.6. The maximum atomic E-state index is 12.0. The Morgan fingerprint density at radius 1 is 0.800 bits per heavy atom. The minimum atomic E-state index is -0.802. The van der Waals surface area contributed by atoms with Crippen molar-refractivity contribution in [1.82, 2.24) is 0 Å². The summed E-state index contributed by atoms with van der Waals surface area (Å²) >= 11 is 0. The van der Waals surface area contributed by atoms with Gasteiger partial charge in [-0.2, -0.15) is 5.26 Å². The standard InChI is InChI=1S/C18H19NO6/c1-4-23-16(20)14(11-19)12-7-9-13(10-8-12)15(17(21)24-5-2)18(22)25-6-3/h7-10H,4-6H2,1-3H3. The van der Waals surface area contributed by atoms with Crippen molar-refractivity contribution >= 4 is 29.1 Å². The van der Waals surface area contributed by atoms with E-state index in [1.165, 1.54) is 24.3 Å². The van der Waals surface area contributed by atoms with E-state index in [4.69, 9.17) is 19.5 Å². The van der Waals surface area contributed by atoms with Gasteiger partial charge in [0.2, 0.25) is 0 Å². The van der Waals surface area contributed by atoms with Gasteiger partial charge in [-0.25, -0.2) is 14.4 Å². The molecular formula is C18H19NO6. The summed E-state index contributed by atoms with van der Waals surface area (Å²) in [7, 11) is 0. The first-order chi connectivity index (χ1) is 12.0. The Bertz CT molecular complexity index is 775. The van der Waals surface area contributed by atoms with Crippen LogP contribution in [-0.2, 0) is 28.6 Å². The first kappa shape index (κ1) is 19.9. The molecule has 0 aliphatic carbocycles. The van der Waals surface area contributed by atoms with Crippen LogP contribution in [0.15, 0.2) is 24.3 Å². The highest BCUT2D eigenvalue weighted by Gasteiger charge is 2.21. The van der Waals surface area contributed by atoms with Crippen LogP contribution in [0.4, 0.5) is 0 Å². The predicted octanol–water partition coefficient (Wildman–Crippen LogP) is 0.201. The number of nitrogens with zero attached hydrogens (tertiary/aromatic N) is 1. The lowest BCUT2D eigenvalue weighted by molar-refractivity contribution is -0.143. The van der Waals surface area contributed by atoms with E-state index in [0.717, 1.165) is 0 Å². The van der Waals surface area contributed by atoms with E-state index in [-0.39, 0.29) is 36.2 Å². The van der Waals surface area contributed by atoms with Crippen LogP contribution in [0.2, 0.25) is 0 Å². The lowest BCUT2D eigenvalue weighted by atomic mass is 10.1. The number of carbonyl (C=O) groups is 3. The first-order valence-corrected chi connectivity index (χ1v) is 7.76. The van der Waals surface area contributed by atoms with Crippen molar-refractivity contribution < 1.29 is 28.6 Å². The number of nitriles is 1. The molecule has 7 nitrogen and oxygen atoms in total. The van der Waals surface area contributed by atoms with Gasteiger partial charge in [0.1, 0.15) is 11.6 Å². The Morgan fingerprint density at radius 3 is 1.60 bits per heavy atom. The molecule has 0 unspecified atom stereocenters. The highest BCUT2D eigenvalue weighted by atomic mass is 16.6. The first-order valence-electron chi connectivity index (χ1n) is 7.76. The topological polar surface area (TPSA) is 103 Å². The van der Waals surface area contributed by atoms with Crippen molar-refractivity contribution in [3.05, 3.63) is 34.7 Å². The number of hydrogen-bond donors (Lipinski definition) is 0. The van der Waals surface area contributed by atoms with Crippen molar-refractivity contribution in [3.8, 4) is 6.07 Å². The Hall–Kier alpha value is -3.14. The van der Waals surface area contributed by atoms with E-state index in [2.05, 4.69) is 0 Å². The summed E-state index contributed by atoms with van der Waals surface area (Å²) in [5.41, 5.74) is -0.410. The fourth-order valence-electron chi connectivity index (χ4n) is 1.96. The zero-order chi connectivity index (χ0) is 18.8. The Kier molecular flexibility index (Phi) is 7.87. The monoisotopic (exact) mass is 345 g/mol. The molecule has 0 saturated carbocycles. The van der Waals surface area contributed by atoms with E-state index in [1.54, 1.807) is 26.8 Å². The second-order valence-corrected chi connectivity index (χ2v) is 4.60. The quantitative estimate of drug-likeness (QED) is 0.412. The van der Waals surface area contributed by atoms with Crippen LogP contribution in [0.25, 0.3) is 11.1 Å². The molecule has 7 heteroatoms. The van der Waals surface area contributed by atoms with E-state index >= 15 is 0 Å². The fourth-order valence-corrected chi connectivity index (χ4v) is 1.96. The number of benzene rings is 1. The van der Waals surface area contributed by atoms with Crippen LogP contribution < -0.4 is 10.4 Å². The van der Waals surface area contributed by atoms with Crippen LogP contribution in [0.1, 0.15) is 20.8 Å². The van der Waals surface area contributed by atoms with Gasteiger partial charge in [-0.05, 0) is 31.2 Å². The molecule has 0 heterocycles. The molecule has 1 rings (SSSR count). The van der Waals surface area contributed by atoms with E-state index < -0.39 is 17.9 Å². The molecule has 0 aliphatic rings. The third kappa shape index (κ3) is 5.18. The van der Waals surface area contributed by atoms with Gasteiger partial charge in [0.15, 0.2) is 5.57 Å². The fraction of sp³-hybridized carbons (Fsp3) is 0.333. The van der Waals surface area contributed by atoms with Crippen LogP contribution >= 0.6 is 0 Å². The molecule has 25 heavy (non-hydrogen) atoms. The number of rotatable bonds is 6. The van der Waals surface area contributed by atoms with Gasteiger partial charge in [-0.15, -0.1) is 0 Å². The lowest BCUT2D eigenvalue weighted by Crippen LogP contribution is -2.26. The number of hydrogen-bond acceptors (Lipinski definition) is 7. The highest BCUT2D eigenvalue weighted by molar-refractivity contribution is 6.36. The average Bonchev–Trinajstić information content (AvgIpc) is 2.58. The van der Waals surface area contributed by atoms with Crippen LogP contribution in [-0.4, -0.2) is 37.7 Å². The molecule has 0 N–H and O–H groups in total. The van der Waals surface area contributed by atoms with Crippen LogP contribution in [0.5, 0.6) is 0 Å². The molecule has 1 aromatic carbocycles. The average molecular weight is 345 g/mol. The third-order valence-corrected chi connectivity index (χ3v) is 3.01. The molecule has 0 aliphatic heterocycles. The summed E-state index contributed by atoms with van der Waals surface area (Å²) in [4.78, 5) is 35.8. The molecule has 0 fully saturated rings. The summed E-state index contributed by atoms with van der Waals surface area (Å²) in [5.74, 6) is -2.34. The Balaban J connectivity index is 3.51. The van der Waals surface area contributed by atoms with E-state index in [0.29, 0.717) is 5.22 Å². The minimum Gasteiger partial charge on any atom is -0.462 e. The molecule has 0 spiro atoms. The number of carbonyl (C=O) groups excluding carboxylic acids is 3. The van der Waals surface area contributed by atoms with Gasteiger partial charge in [0.25, 0.3) is 0 Å². The number of esters is 3. The van der Waals surface area contributed by atoms with E-state index in [1.807, 2.05) is 0 Å². The SMILES string of the molecule is CCOC(=O)C(C#N)=c1ccc(=C(C(=O)OCC)C(=O)OCC)cc1. The Morgan fingerprint density at radius 2 is 1.20 bits per heavy atom. The molecular weight excluding hydrogens is 326 g/mol. The second-order valence-electron chi connectivity index (χ2n) is 4.60. The highest BCUT2D eigenvalue weighted by Crippen LogP contribution is 2.02. The van der Waals surface area contributed by atoms with Gasteiger partial charge >= 0.3 is 17.9 Å². The molecule has 0 saturated heterocycles. The van der Waals surface area contributed by atoms with Gasteiger partial charge in [-0.1, -0.05) is 24.3 Å². The van der Waals surface area contributed by atoms with Gasteiger partial charge in [-0.3, -0.25) is 0 Å². The van der Waals surface area contributed by atoms with Crippen molar-refractivity contribution in [1.29, 1.82) is 5.26 Å². The molecule has 0 aromatic heterocycles. The molecule has 1 aromatic rings. The molecule has 0 atom stereocenters. The summed E-state index contributed by atoms with van der Waals surface area (Å²) in [5, 5.41) is 9.71. The molecule has 0 radical (unpaired) electrons. The Labute approximate surface area is 145 Å². The largest absolute Gasteiger partial charge is 0.462 e. The van der Waals surface area contributed by atoms with Gasteiger partial charge in [0.05, 0.1) is 19.8 Å². The lowest BCUT2D eigenvalue weighted by Gasteiger charge is -2.06. The summed E-state index contributed by atoms with van der Waals surface area (Å²) in [6, 6.07) is 7.56. The minimum absolute atomic E-state index is 0.106. The van der Waals surface area contributed by atoms with Gasteiger partial charge in [0, 0.05) is 0 Å². The van der Waals surface area contributed by atoms with Crippen molar-refractivity contribution in [3.63, 3.8) is 0 Å². The molecule has 132 valence electrons. The summed E-state index contributed by atoms with van der Waals surface area (Å²) in [6.07, 6.45) is 0. The zero-order valence-electron chi connectivity index (χ0n) is 14.3. The van der Waals surface area contributed by atoms with Crippen molar-refractivity contribution in [2.75, 3.05) is 19.8 Å². The van der Waals surface area contributed by atoms with Gasteiger partial charge < -0.3 is 14.2 Å². The maximum absolute atomic E-state index is 12.0. The third-order valence-electron chi connectivity index (χ3n) is 3.01.